The zero-order chi connectivity index (χ0) is 18.8. The lowest BCUT2D eigenvalue weighted by Gasteiger charge is -2.30. The Bertz CT molecular complexity index is 770. The molecule has 0 aliphatic carbocycles. The molecule has 140 valence electrons. The summed E-state index contributed by atoms with van der Waals surface area (Å²) in [6.45, 7) is 8.99. The van der Waals surface area contributed by atoms with Gasteiger partial charge in [-0.25, -0.2) is 0 Å². The third-order valence-electron chi connectivity index (χ3n) is 4.57. The van der Waals surface area contributed by atoms with Crippen LogP contribution in [0, 0.1) is 6.92 Å². The molecule has 5 nitrogen and oxygen atoms in total. The fourth-order valence-corrected chi connectivity index (χ4v) is 5.65. The molecule has 0 aromatic carbocycles. The van der Waals surface area contributed by atoms with Crippen LogP contribution >= 0.6 is 23.1 Å². The Hall–Kier alpha value is -1.73. The maximum atomic E-state index is 12.7. The number of thioether (sulfide) groups is 1. The summed E-state index contributed by atoms with van der Waals surface area (Å²) < 4.78 is 5.26. The monoisotopic (exact) mass is 392 g/mol. The van der Waals surface area contributed by atoms with Crippen LogP contribution in [0.3, 0.4) is 0 Å². The second-order valence-corrected chi connectivity index (χ2v) is 9.07. The van der Waals surface area contributed by atoms with Crippen molar-refractivity contribution in [2.24, 2.45) is 0 Å². The van der Waals surface area contributed by atoms with E-state index >= 15 is 0 Å². The van der Waals surface area contributed by atoms with Gasteiger partial charge in [-0.05, 0) is 56.8 Å². The molecule has 2 aromatic rings. The second-order valence-electron chi connectivity index (χ2n) is 6.70. The standard InChI is InChI=1S/C19H24N2O3S2/c1-12(2)20(18(23)15-6-5-10-24-15)8-9-21-17(22)14(4)26-19(21)16-13(3)7-11-25-16/h5-7,10-12,14,19H,8-9H2,1-4H3/t14-,19-/m0/s1. The van der Waals surface area contributed by atoms with Crippen molar-refractivity contribution in [1.29, 1.82) is 0 Å². The Balaban J connectivity index is 1.75. The summed E-state index contributed by atoms with van der Waals surface area (Å²) in [7, 11) is 0. The number of carbonyl (C=O) groups is 2. The van der Waals surface area contributed by atoms with Crippen molar-refractivity contribution in [2.45, 2.75) is 44.4 Å². The van der Waals surface area contributed by atoms with E-state index in [-0.39, 0.29) is 28.5 Å². The van der Waals surface area contributed by atoms with Gasteiger partial charge in [0, 0.05) is 24.0 Å². The van der Waals surface area contributed by atoms with Gasteiger partial charge < -0.3 is 14.2 Å². The summed E-state index contributed by atoms with van der Waals surface area (Å²) in [6.07, 6.45) is 1.50. The smallest absolute Gasteiger partial charge is 0.289 e. The summed E-state index contributed by atoms with van der Waals surface area (Å²) in [5, 5.41) is 2.04. The number of furan rings is 1. The van der Waals surface area contributed by atoms with Gasteiger partial charge >= 0.3 is 0 Å². The molecule has 1 fully saturated rings. The third-order valence-corrected chi connectivity index (χ3v) is 7.15. The molecule has 0 bridgehead atoms. The van der Waals surface area contributed by atoms with E-state index in [1.807, 2.05) is 25.7 Å². The molecule has 0 N–H and O–H groups in total. The van der Waals surface area contributed by atoms with Crippen LogP contribution in [-0.2, 0) is 4.79 Å². The van der Waals surface area contributed by atoms with Gasteiger partial charge in [-0.15, -0.1) is 23.1 Å². The summed E-state index contributed by atoms with van der Waals surface area (Å²) in [4.78, 5) is 30.3. The van der Waals surface area contributed by atoms with Crippen LogP contribution in [0.15, 0.2) is 34.3 Å². The van der Waals surface area contributed by atoms with Gasteiger partial charge in [-0.1, -0.05) is 0 Å². The van der Waals surface area contributed by atoms with E-state index in [9.17, 15) is 9.59 Å². The van der Waals surface area contributed by atoms with Gasteiger partial charge in [0.05, 0.1) is 11.5 Å². The van der Waals surface area contributed by atoms with E-state index < -0.39 is 0 Å². The first-order valence-electron chi connectivity index (χ1n) is 8.74. The molecule has 0 saturated carbocycles. The number of hydrogen-bond acceptors (Lipinski definition) is 5. The summed E-state index contributed by atoms with van der Waals surface area (Å²) in [5.74, 6) is 0.336. The lowest BCUT2D eigenvalue weighted by atomic mass is 10.2. The normalized spacial score (nSPS) is 20.2. The average Bonchev–Trinajstić information content (AvgIpc) is 3.31. The Morgan fingerprint density at radius 2 is 2.15 bits per heavy atom. The van der Waals surface area contributed by atoms with Crippen LogP contribution in [0.25, 0.3) is 0 Å². The van der Waals surface area contributed by atoms with Crippen molar-refractivity contribution in [3.05, 3.63) is 46.0 Å². The maximum Gasteiger partial charge on any atom is 0.289 e. The van der Waals surface area contributed by atoms with Crippen molar-refractivity contribution in [3.63, 3.8) is 0 Å². The number of carbonyl (C=O) groups excluding carboxylic acids is 2. The highest BCUT2D eigenvalue weighted by atomic mass is 32.2. The zero-order valence-electron chi connectivity index (χ0n) is 15.5. The third kappa shape index (κ3) is 3.69. The molecular formula is C19H24N2O3S2. The average molecular weight is 393 g/mol. The van der Waals surface area contributed by atoms with Crippen LogP contribution in [0.5, 0.6) is 0 Å². The number of rotatable bonds is 6. The number of nitrogens with zero attached hydrogens (tertiary/aromatic N) is 2. The first-order valence-corrected chi connectivity index (χ1v) is 10.6. The molecule has 0 unspecified atom stereocenters. The highest BCUT2D eigenvalue weighted by Crippen LogP contribution is 2.45. The fourth-order valence-electron chi connectivity index (χ4n) is 3.09. The van der Waals surface area contributed by atoms with E-state index in [4.69, 9.17) is 4.42 Å². The molecule has 1 aliphatic rings. The number of thiophene rings is 1. The topological polar surface area (TPSA) is 53.8 Å². The lowest BCUT2D eigenvalue weighted by Crippen LogP contribution is -2.43. The molecule has 7 heteroatoms. The van der Waals surface area contributed by atoms with Crippen molar-refractivity contribution >= 4 is 34.9 Å². The van der Waals surface area contributed by atoms with Crippen molar-refractivity contribution in [1.82, 2.24) is 9.80 Å². The molecule has 1 saturated heterocycles. The highest BCUT2D eigenvalue weighted by molar-refractivity contribution is 8.01. The molecule has 3 rings (SSSR count). The Morgan fingerprint density at radius 3 is 2.73 bits per heavy atom. The highest BCUT2D eigenvalue weighted by Gasteiger charge is 2.39. The minimum atomic E-state index is -0.138. The van der Waals surface area contributed by atoms with E-state index in [1.165, 1.54) is 16.7 Å². The van der Waals surface area contributed by atoms with Crippen LogP contribution in [0.1, 0.15) is 47.1 Å². The van der Waals surface area contributed by atoms with E-state index in [0.29, 0.717) is 18.8 Å². The SMILES string of the molecule is Cc1ccsc1[C@@H]1S[C@@H](C)C(=O)N1CCN(C(=O)c1ccco1)C(C)C. The van der Waals surface area contributed by atoms with E-state index in [2.05, 4.69) is 18.4 Å². The van der Waals surface area contributed by atoms with Crippen molar-refractivity contribution < 1.29 is 14.0 Å². The predicted molar refractivity (Wildman–Crippen MR) is 105 cm³/mol. The largest absolute Gasteiger partial charge is 0.459 e. The molecule has 26 heavy (non-hydrogen) atoms. The molecule has 0 spiro atoms. The van der Waals surface area contributed by atoms with Crippen molar-refractivity contribution in [3.8, 4) is 0 Å². The maximum absolute atomic E-state index is 12.7. The van der Waals surface area contributed by atoms with E-state index in [1.54, 1.807) is 40.1 Å². The summed E-state index contributed by atoms with van der Waals surface area (Å²) in [5.41, 5.74) is 1.21. The molecule has 2 amide bonds. The zero-order valence-corrected chi connectivity index (χ0v) is 17.1. The number of hydrogen-bond donors (Lipinski definition) is 0. The van der Waals surface area contributed by atoms with E-state index in [0.717, 1.165) is 0 Å². The second kappa shape index (κ2) is 7.88. The van der Waals surface area contributed by atoms with Gasteiger partial charge in [0.2, 0.25) is 5.91 Å². The number of aryl methyl sites for hydroxylation is 1. The van der Waals surface area contributed by atoms with Crippen LogP contribution < -0.4 is 0 Å². The van der Waals surface area contributed by atoms with Gasteiger partial charge in [-0.2, -0.15) is 0 Å². The Labute approximate surface area is 162 Å². The van der Waals surface area contributed by atoms with Crippen LogP contribution in [-0.4, -0.2) is 46.0 Å². The molecule has 0 radical (unpaired) electrons. The minimum absolute atomic E-state index is 0.0253. The number of amides is 2. The molecule has 2 aromatic heterocycles. The van der Waals surface area contributed by atoms with Gasteiger partial charge in [0.15, 0.2) is 5.76 Å². The first kappa shape index (κ1) is 19.0. The van der Waals surface area contributed by atoms with Gasteiger partial charge in [0.1, 0.15) is 5.37 Å². The molecule has 1 aliphatic heterocycles. The van der Waals surface area contributed by atoms with Gasteiger partial charge in [0.25, 0.3) is 5.91 Å². The lowest BCUT2D eigenvalue weighted by molar-refractivity contribution is -0.130. The minimum Gasteiger partial charge on any atom is -0.459 e. The van der Waals surface area contributed by atoms with Crippen LogP contribution in [0.2, 0.25) is 0 Å². The fraction of sp³-hybridized carbons (Fsp3) is 0.474. The summed E-state index contributed by atoms with van der Waals surface area (Å²) in [6, 6.07) is 5.50. The first-order chi connectivity index (χ1) is 12.4. The molecular weight excluding hydrogens is 368 g/mol. The quantitative estimate of drug-likeness (QED) is 0.741. The predicted octanol–water partition coefficient (Wildman–Crippen LogP) is 4.16. The Morgan fingerprint density at radius 1 is 1.38 bits per heavy atom. The molecule has 3 heterocycles. The Kier molecular flexibility index (Phi) is 5.77. The molecule has 2 atom stereocenters. The summed E-state index contributed by atoms with van der Waals surface area (Å²) >= 11 is 3.37. The van der Waals surface area contributed by atoms with Gasteiger partial charge in [-0.3, -0.25) is 9.59 Å². The van der Waals surface area contributed by atoms with Crippen LogP contribution in [0.4, 0.5) is 0 Å². The van der Waals surface area contributed by atoms with Crippen molar-refractivity contribution in [2.75, 3.05) is 13.1 Å².